The number of para-hydroxylation sites is 2. The molecule has 0 aliphatic heterocycles. The van der Waals surface area contributed by atoms with Gasteiger partial charge in [-0.25, -0.2) is 15.0 Å². The van der Waals surface area contributed by atoms with Crippen LogP contribution in [0.25, 0.3) is 139 Å². The van der Waals surface area contributed by atoms with E-state index in [1.807, 2.05) is 24.3 Å². The van der Waals surface area contributed by atoms with E-state index in [-0.39, 0.29) is 0 Å². The molecule has 0 radical (unpaired) electrons. The van der Waals surface area contributed by atoms with Crippen LogP contribution in [0.5, 0.6) is 0 Å². The van der Waals surface area contributed by atoms with E-state index in [0.29, 0.717) is 17.5 Å². The third-order valence-electron chi connectivity index (χ3n) is 14.3. The number of hydrogen-bond acceptors (Lipinski definition) is 4. The third-order valence-corrected chi connectivity index (χ3v) is 14.3. The van der Waals surface area contributed by atoms with Crippen LogP contribution in [-0.4, -0.2) is 19.5 Å². The van der Waals surface area contributed by atoms with Gasteiger partial charge in [-0.3, -0.25) is 0 Å². The summed E-state index contributed by atoms with van der Waals surface area (Å²) in [5.74, 6) is 1.85. The molecule has 3 aromatic heterocycles. The topological polar surface area (TPSA) is 56.7 Å². The Balaban J connectivity index is 0.833. The fourth-order valence-corrected chi connectivity index (χ4v) is 10.7. The number of nitrogens with zero attached hydrogens (tertiary/aromatic N) is 4. The van der Waals surface area contributed by atoms with Crippen molar-refractivity contribution >= 4 is 43.7 Å². The zero-order valence-corrected chi connectivity index (χ0v) is 40.1. The van der Waals surface area contributed by atoms with Crippen LogP contribution in [0.15, 0.2) is 271 Å². The Morgan fingerprint density at radius 1 is 0.243 bits per heavy atom. The summed E-state index contributed by atoms with van der Waals surface area (Å²) in [5.41, 5.74) is 19.5. The molecule has 14 aromatic rings. The second kappa shape index (κ2) is 18.0. The van der Waals surface area contributed by atoms with Gasteiger partial charge in [-0.1, -0.05) is 206 Å². The molecule has 11 aromatic carbocycles. The van der Waals surface area contributed by atoms with Gasteiger partial charge in [0.25, 0.3) is 0 Å². The molecule has 3 heterocycles. The zero-order chi connectivity index (χ0) is 49.0. The lowest BCUT2D eigenvalue weighted by molar-refractivity contribution is 0.669. The predicted octanol–water partition coefficient (Wildman–Crippen LogP) is 18.2. The van der Waals surface area contributed by atoms with Gasteiger partial charge in [0.2, 0.25) is 0 Å². The van der Waals surface area contributed by atoms with Crippen molar-refractivity contribution in [3.8, 4) is 95.5 Å². The van der Waals surface area contributed by atoms with Gasteiger partial charge in [0.1, 0.15) is 11.2 Å². The number of furan rings is 1. The fourth-order valence-electron chi connectivity index (χ4n) is 10.7. The first-order valence-corrected chi connectivity index (χ1v) is 25.0. The number of aromatic nitrogens is 4. The second-order valence-corrected chi connectivity index (χ2v) is 18.7. The standard InChI is InChI=1S/C69H44N4O/c1-3-15-45(16-4-1)47-27-31-49(32-28-47)67-70-68(50-33-29-48(30-34-50)46-17-5-2-6-18-46)72-69(71-67)51-35-39-54(40-36-51)73-63-25-13-11-23-59(63)61-43-52(37-41-64(61)73)55-19-7-9-21-57(55)58-22-10-8-20-56(58)53-38-42-66-62(44-53)60-24-12-14-26-65(60)74-66/h1-44H. The number of rotatable bonds is 9. The van der Waals surface area contributed by atoms with Crippen molar-refractivity contribution in [2.45, 2.75) is 0 Å². The summed E-state index contributed by atoms with van der Waals surface area (Å²) in [6.07, 6.45) is 0. The second-order valence-electron chi connectivity index (χ2n) is 18.7. The van der Waals surface area contributed by atoms with Crippen molar-refractivity contribution in [1.82, 2.24) is 19.5 Å². The highest BCUT2D eigenvalue weighted by atomic mass is 16.3. The Hall–Kier alpha value is -9.97. The monoisotopic (exact) mass is 944 g/mol. The zero-order valence-electron chi connectivity index (χ0n) is 40.1. The highest BCUT2D eigenvalue weighted by Gasteiger charge is 2.19. The summed E-state index contributed by atoms with van der Waals surface area (Å²) >= 11 is 0. The Labute approximate surface area is 428 Å². The van der Waals surface area contributed by atoms with E-state index in [1.54, 1.807) is 0 Å². The average Bonchev–Trinajstić information content (AvgIpc) is 4.03. The predicted molar refractivity (Wildman–Crippen MR) is 305 cm³/mol. The first-order chi connectivity index (χ1) is 36.7. The van der Waals surface area contributed by atoms with Crippen LogP contribution in [0.2, 0.25) is 0 Å². The summed E-state index contributed by atoms with van der Waals surface area (Å²) in [6.45, 7) is 0. The number of benzene rings is 11. The average molecular weight is 945 g/mol. The molecule has 0 bridgehead atoms. The maximum absolute atomic E-state index is 6.21. The Kier molecular flexibility index (Phi) is 10.4. The van der Waals surface area contributed by atoms with E-state index in [2.05, 4.69) is 247 Å². The van der Waals surface area contributed by atoms with E-state index < -0.39 is 0 Å². The van der Waals surface area contributed by atoms with Crippen molar-refractivity contribution < 1.29 is 4.42 Å². The Bertz CT molecular complexity index is 4280. The van der Waals surface area contributed by atoms with Crippen LogP contribution in [0.3, 0.4) is 0 Å². The molecular weight excluding hydrogens is 901 g/mol. The van der Waals surface area contributed by atoms with Gasteiger partial charge < -0.3 is 8.98 Å². The van der Waals surface area contributed by atoms with Crippen molar-refractivity contribution in [2.75, 3.05) is 0 Å². The maximum atomic E-state index is 6.21. The minimum atomic E-state index is 0.610. The summed E-state index contributed by atoms with van der Waals surface area (Å²) in [6, 6.07) is 94.3. The fraction of sp³-hybridized carbons (Fsp3) is 0. The molecule has 0 unspecified atom stereocenters. The van der Waals surface area contributed by atoms with Crippen molar-refractivity contribution in [3.63, 3.8) is 0 Å². The van der Waals surface area contributed by atoms with Crippen molar-refractivity contribution in [3.05, 3.63) is 267 Å². The van der Waals surface area contributed by atoms with Gasteiger partial charge >= 0.3 is 0 Å². The number of fused-ring (bicyclic) bond motifs is 6. The van der Waals surface area contributed by atoms with Gasteiger partial charge in [-0.05, 0) is 116 Å². The molecule has 0 saturated heterocycles. The van der Waals surface area contributed by atoms with Crippen LogP contribution in [0.4, 0.5) is 0 Å². The highest BCUT2D eigenvalue weighted by molar-refractivity contribution is 6.11. The van der Waals surface area contributed by atoms with Crippen LogP contribution in [0, 0.1) is 0 Å². The molecule has 0 aliphatic rings. The number of hydrogen-bond donors (Lipinski definition) is 0. The van der Waals surface area contributed by atoms with Crippen LogP contribution in [-0.2, 0) is 0 Å². The molecule has 5 heteroatoms. The molecule has 0 spiro atoms. The Morgan fingerprint density at radius 3 is 1.19 bits per heavy atom. The minimum Gasteiger partial charge on any atom is -0.456 e. The molecule has 5 nitrogen and oxygen atoms in total. The summed E-state index contributed by atoms with van der Waals surface area (Å²) in [5, 5.41) is 4.62. The van der Waals surface area contributed by atoms with Gasteiger partial charge in [0.15, 0.2) is 17.5 Å². The minimum absolute atomic E-state index is 0.610. The first-order valence-electron chi connectivity index (χ1n) is 25.0. The maximum Gasteiger partial charge on any atom is 0.164 e. The SMILES string of the molecule is c1ccc(-c2ccc(-c3nc(-c4ccc(-c5ccccc5)cc4)nc(-c4ccc(-n5c6ccccc6c6cc(-c7ccccc7-c7ccccc7-c7ccc8oc9ccccc9c8c7)ccc65)cc4)n3)cc2)cc1. The van der Waals surface area contributed by atoms with Crippen molar-refractivity contribution in [1.29, 1.82) is 0 Å². The molecule has 0 N–H and O–H groups in total. The molecule has 14 rings (SSSR count). The van der Waals surface area contributed by atoms with E-state index in [9.17, 15) is 0 Å². The summed E-state index contributed by atoms with van der Waals surface area (Å²) < 4.78 is 8.57. The van der Waals surface area contributed by atoms with E-state index in [1.165, 1.54) is 33.0 Å². The van der Waals surface area contributed by atoms with Crippen molar-refractivity contribution in [2.24, 2.45) is 0 Å². The van der Waals surface area contributed by atoms with Crippen LogP contribution >= 0.6 is 0 Å². The van der Waals surface area contributed by atoms with Gasteiger partial charge in [0, 0.05) is 43.9 Å². The van der Waals surface area contributed by atoms with Crippen LogP contribution < -0.4 is 0 Å². The normalized spacial score (nSPS) is 11.5. The molecule has 346 valence electrons. The molecular formula is C69H44N4O. The summed E-state index contributed by atoms with van der Waals surface area (Å²) in [7, 11) is 0. The quantitative estimate of drug-likeness (QED) is 0.145. The lowest BCUT2D eigenvalue weighted by atomic mass is 9.89. The third kappa shape index (κ3) is 7.63. The van der Waals surface area contributed by atoms with Gasteiger partial charge in [-0.2, -0.15) is 0 Å². The molecule has 0 atom stereocenters. The highest BCUT2D eigenvalue weighted by Crippen LogP contribution is 2.42. The van der Waals surface area contributed by atoms with Gasteiger partial charge in [-0.15, -0.1) is 0 Å². The van der Waals surface area contributed by atoms with E-state index in [0.717, 1.165) is 88.7 Å². The summed E-state index contributed by atoms with van der Waals surface area (Å²) in [4.78, 5) is 15.4. The molecule has 0 amide bonds. The van der Waals surface area contributed by atoms with E-state index >= 15 is 0 Å². The molecule has 0 fully saturated rings. The largest absolute Gasteiger partial charge is 0.456 e. The smallest absolute Gasteiger partial charge is 0.164 e. The van der Waals surface area contributed by atoms with Crippen LogP contribution in [0.1, 0.15) is 0 Å². The lowest BCUT2D eigenvalue weighted by Crippen LogP contribution is -2.00. The molecule has 74 heavy (non-hydrogen) atoms. The van der Waals surface area contributed by atoms with Gasteiger partial charge in [0.05, 0.1) is 11.0 Å². The molecule has 0 saturated carbocycles. The van der Waals surface area contributed by atoms with E-state index in [4.69, 9.17) is 19.4 Å². The molecule has 0 aliphatic carbocycles. The lowest BCUT2D eigenvalue weighted by Gasteiger charge is -2.15. The Morgan fingerprint density at radius 2 is 0.622 bits per heavy atom. The first kappa shape index (κ1) is 42.9.